The summed E-state index contributed by atoms with van der Waals surface area (Å²) >= 11 is 7.81. The van der Waals surface area contributed by atoms with Crippen LogP contribution in [0.4, 0.5) is 5.69 Å². The number of fused-ring (bicyclic) bond motifs is 1. The lowest BCUT2D eigenvalue weighted by atomic mass is 10.1. The highest BCUT2D eigenvalue weighted by Gasteiger charge is 2.12. The molecular formula is C16H15ClN2S. The molecule has 0 aliphatic heterocycles. The standard InChI is InChI=1S/C16H15ClN2S/c1-2-13(16-4-3-9-20-16)19-14-7-8-18-15-10-11(17)5-6-12(14)15/h3-10,13H,2H2,1H3,(H,18,19). The second kappa shape index (κ2) is 5.81. The van der Waals surface area contributed by atoms with E-state index in [4.69, 9.17) is 11.6 Å². The molecule has 0 bridgehead atoms. The number of benzene rings is 1. The van der Waals surface area contributed by atoms with Crippen molar-refractivity contribution in [2.45, 2.75) is 19.4 Å². The predicted molar refractivity (Wildman–Crippen MR) is 87.7 cm³/mol. The predicted octanol–water partition coefficient (Wildman–Crippen LogP) is 5.51. The summed E-state index contributed by atoms with van der Waals surface area (Å²) in [5.41, 5.74) is 2.02. The second-order valence-corrected chi connectivity index (χ2v) is 6.06. The highest BCUT2D eigenvalue weighted by atomic mass is 35.5. The average Bonchev–Trinajstić information content (AvgIpc) is 2.98. The Hall–Kier alpha value is -1.58. The zero-order valence-corrected chi connectivity index (χ0v) is 12.7. The van der Waals surface area contributed by atoms with Crippen molar-refractivity contribution in [1.29, 1.82) is 0 Å². The molecule has 0 saturated heterocycles. The Kier molecular flexibility index (Phi) is 3.90. The SMILES string of the molecule is CCC(Nc1ccnc2cc(Cl)ccc12)c1cccs1. The number of rotatable bonds is 4. The summed E-state index contributed by atoms with van der Waals surface area (Å²) in [7, 11) is 0. The van der Waals surface area contributed by atoms with Crippen molar-refractivity contribution < 1.29 is 0 Å². The first kappa shape index (κ1) is 13.4. The van der Waals surface area contributed by atoms with Gasteiger partial charge in [0.2, 0.25) is 0 Å². The zero-order valence-electron chi connectivity index (χ0n) is 11.1. The first-order chi connectivity index (χ1) is 9.78. The van der Waals surface area contributed by atoms with Gasteiger partial charge in [-0.1, -0.05) is 24.6 Å². The smallest absolute Gasteiger partial charge is 0.0737 e. The van der Waals surface area contributed by atoms with Gasteiger partial charge in [-0.05, 0) is 42.1 Å². The van der Waals surface area contributed by atoms with Crippen molar-refractivity contribution >= 4 is 39.5 Å². The Bertz CT molecular complexity index is 710. The molecule has 0 spiro atoms. The van der Waals surface area contributed by atoms with Crippen molar-refractivity contribution in [2.75, 3.05) is 5.32 Å². The molecule has 0 aliphatic rings. The van der Waals surface area contributed by atoms with Crippen LogP contribution in [0.5, 0.6) is 0 Å². The monoisotopic (exact) mass is 302 g/mol. The molecular weight excluding hydrogens is 288 g/mol. The minimum Gasteiger partial charge on any atom is -0.377 e. The molecule has 3 rings (SSSR count). The highest BCUT2D eigenvalue weighted by Crippen LogP contribution is 2.30. The van der Waals surface area contributed by atoms with Crippen LogP contribution in [0, 0.1) is 0 Å². The van der Waals surface area contributed by atoms with Crippen LogP contribution in [0.25, 0.3) is 10.9 Å². The van der Waals surface area contributed by atoms with Gasteiger partial charge >= 0.3 is 0 Å². The third-order valence-corrected chi connectivity index (χ3v) is 4.55. The van der Waals surface area contributed by atoms with E-state index in [0.29, 0.717) is 11.1 Å². The molecule has 0 saturated carbocycles. The van der Waals surface area contributed by atoms with E-state index in [-0.39, 0.29) is 0 Å². The van der Waals surface area contributed by atoms with Gasteiger partial charge in [-0.25, -0.2) is 0 Å². The highest BCUT2D eigenvalue weighted by molar-refractivity contribution is 7.10. The maximum Gasteiger partial charge on any atom is 0.0737 e. The molecule has 4 heteroatoms. The van der Waals surface area contributed by atoms with Gasteiger partial charge in [-0.3, -0.25) is 4.98 Å². The van der Waals surface area contributed by atoms with E-state index in [0.717, 1.165) is 23.0 Å². The molecule has 3 aromatic rings. The lowest BCUT2D eigenvalue weighted by Gasteiger charge is -2.18. The summed E-state index contributed by atoms with van der Waals surface area (Å²) in [5.74, 6) is 0. The molecule has 1 aromatic carbocycles. The van der Waals surface area contributed by atoms with Crippen LogP contribution >= 0.6 is 22.9 Å². The van der Waals surface area contributed by atoms with E-state index in [9.17, 15) is 0 Å². The molecule has 0 amide bonds. The zero-order chi connectivity index (χ0) is 13.9. The summed E-state index contributed by atoms with van der Waals surface area (Å²) in [6.07, 6.45) is 2.86. The fraction of sp³-hybridized carbons (Fsp3) is 0.188. The Morgan fingerprint density at radius 3 is 2.95 bits per heavy atom. The maximum atomic E-state index is 6.03. The van der Waals surface area contributed by atoms with Crippen LogP contribution in [-0.2, 0) is 0 Å². The first-order valence-corrected chi connectivity index (χ1v) is 7.88. The Morgan fingerprint density at radius 2 is 2.20 bits per heavy atom. The summed E-state index contributed by atoms with van der Waals surface area (Å²) in [6.45, 7) is 2.19. The third-order valence-electron chi connectivity index (χ3n) is 3.33. The largest absolute Gasteiger partial charge is 0.377 e. The van der Waals surface area contributed by atoms with E-state index in [1.165, 1.54) is 4.88 Å². The van der Waals surface area contributed by atoms with Gasteiger partial charge in [0.25, 0.3) is 0 Å². The maximum absolute atomic E-state index is 6.03. The normalized spacial score (nSPS) is 12.5. The van der Waals surface area contributed by atoms with Gasteiger partial charge in [0.15, 0.2) is 0 Å². The summed E-state index contributed by atoms with van der Waals surface area (Å²) in [6, 6.07) is 12.4. The molecule has 20 heavy (non-hydrogen) atoms. The molecule has 0 aliphatic carbocycles. The third kappa shape index (κ3) is 2.65. The van der Waals surface area contributed by atoms with Crippen molar-refractivity contribution in [3.8, 4) is 0 Å². The Morgan fingerprint density at radius 1 is 1.30 bits per heavy atom. The second-order valence-electron chi connectivity index (χ2n) is 4.64. The van der Waals surface area contributed by atoms with E-state index in [2.05, 4.69) is 34.7 Å². The van der Waals surface area contributed by atoms with Gasteiger partial charge < -0.3 is 5.32 Å². The number of nitrogens with zero attached hydrogens (tertiary/aromatic N) is 1. The van der Waals surface area contributed by atoms with Gasteiger partial charge in [0.1, 0.15) is 0 Å². The number of pyridine rings is 1. The molecule has 0 fully saturated rings. The van der Waals surface area contributed by atoms with Crippen LogP contribution in [-0.4, -0.2) is 4.98 Å². The van der Waals surface area contributed by atoms with Crippen LogP contribution in [0.1, 0.15) is 24.3 Å². The van der Waals surface area contributed by atoms with E-state index >= 15 is 0 Å². The van der Waals surface area contributed by atoms with Crippen LogP contribution in [0.3, 0.4) is 0 Å². The van der Waals surface area contributed by atoms with Crippen molar-refractivity contribution in [3.63, 3.8) is 0 Å². The topological polar surface area (TPSA) is 24.9 Å². The molecule has 2 nitrogen and oxygen atoms in total. The number of nitrogens with one attached hydrogen (secondary N) is 1. The lowest BCUT2D eigenvalue weighted by Crippen LogP contribution is -2.08. The van der Waals surface area contributed by atoms with E-state index in [1.807, 2.05) is 30.5 Å². The average molecular weight is 303 g/mol. The van der Waals surface area contributed by atoms with Crippen LogP contribution in [0.15, 0.2) is 48.0 Å². The van der Waals surface area contributed by atoms with Crippen molar-refractivity contribution in [1.82, 2.24) is 4.98 Å². The van der Waals surface area contributed by atoms with Crippen LogP contribution in [0.2, 0.25) is 5.02 Å². The van der Waals surface area contributed by atoms with Gasteiger partial charge in [-0.15, -0.1) is 11.3 Å². The molecule has 0 radical (unpaired) electrons. The van der Waals surface area contributed by atoms with Crippen molar-refractivity contribution in [3.05, 3.63) is 57.9 Å². The summed E-state index contributed by atoms with van der Waals surface area (Å²) in [4.78, 5) is 5.73. The number of hydrogen-bond donors (Lipinski definition) is 1. The molecule has 1 N–H and O–H groups in total. The van der Waals surface area contributed by atoms with Crippen LogP contribution < -0.4 is 5.32 Å². The first-order valence-electron chi connectivity index (χ1n) is 6.62. The Labute approximate surface area is 127 Å². The minimum atomic E-state index is 0.330. The molecule has 1 atom stereocenters. The number of thiophene rings is 1. The van der Waals surface area contributed by atoms with Gasteiger partial charge in [0.05, 0.1) is 11.6 Å². The molecule has 102 valence electrons. The minimum absolute atomic E-state index is 0.330. The lowest BCUT2D eigenvalue weighted by molar-refractivity contribution is 0.765. The summed E-state index contributed by atoms with van der Waals surface area (Å²) < 4.78 is 0. The summed E-state index contributed by atoms with van der Waals surface area (Å²) in [5, 5.41) is 7.55. The van der Waals surface area contributed by atoms with Gasteiger partial charge in [-0.2, -0.15) is 0 Å². The molecule has 2 heterocycles. The number of aromatic nitrogens is 1. The van der Waals surface area contributed by atoms with Gasteiger partial charge in [0, 0.05) is 27.2 Å². The number of halogens is 1. The van der Waals surface area contributed by atoms with E-state index in [1.54, 1.807) is 11.3 Å². The van der Waals surface area contributed by atoms with Crippen molar-refractivity contribution in [2.24, 2.45) is 0 Å². The fourth-order valence-corrected chi connectivity index (χ4v) is 3.33. The number of anilines is 1. The van der Waals surface area contributed by atoms with E-state index < -0.39 is 0 Å². The Balaban J connectivity index is 1.98. The fourth-order valence-electron chi connectivity index (χ4n) is 2.30. The molecule has 1 unspecified atom stereocenters. The molecule has 2 aromatic heterocycles. The quantitative estimate of drug-likeness (QED) is 0.687. The number of hydrogen-bond acceptors (Lipinski definition) is 3.